The molecule has 0 saturated carbocycles. The monoisotopic (exact) mass is 370 g/mol. The molecule has 3 heterocycles. The number of halogens is 1. The fourth-order valence-corrected chi connectivity index (χ4v) is 3.39. The molecule has 140 valence electrons. The van der Waals surface area contributed by atoms with Crippen molar-refractivity contribution < 1.29 is 13.9 Å². The van der Waals surface area contributed by atoms with Gasteiger partial charge in [0.25, 0.3) is 11.5 Å². The number of aromatic nitrogens is 3. The summed E-state index contributed by atoms with van der Waals surface area (Å²) in [6.45, 7) is 1.40. The van der Waals surface area contributed by atoms with E-state index in [9.17, 15) is 14.0 Å². The Labute approximate surface area is 154 Å². The van der Waals surface area contributed by atoms with Crippen molar-refractivity contribution in [3.05, 3.63) is 52.5 Å². The summed E-state index contributed by atoms with van der Waals surface area (Å²) in [7, 11) is 3.01. The van der Waals surface area contributed by atoms with Crippen LogP contribution in [0.5, 0.6) is 5.75 Å². The maximum atomic E-state index is 14.5. The summed E-state index contributed by atoms with van der Waals surface area (Å²) in [6.07, 6.45) is 5.08. The van der Waals surface area contributed by atoms with E-state index in [4.69, 9.17) is 4.74 Å². The van der Waals surface area contributed by atoms with Gasteiger partial charge in [-0.25, -0.2) is 9.37 Å². The number of ether oxygens (including phenoxy) is 1. The molecule has 0 aliphatic carbocycles. The van der Waals surface area contributed by atoms with E-state index in [2.05, 4.69) is 4.98 Å². The number of imidazole rings is 1. The Morgan fingerprint density at radius 2 is 1.96 bits per heavy atom. The van der Waals surface area contributed by atoms with E-state index in [-0.39, 0.29) is 22.8 Å². The molecule has 27 heavy (non-hydrogen) atoms. The van der Waals surface area contributed by atoms with Crippen LogP contribution in [0.2, 0.25) is 0 Å². The third kappa shape index (κ3) is 2.87. The number of carbonyl (C=O) groups is 1. The van der Waals surface area contributed by atoms with Crippen LogP contribution in [-0.2, 0) is 7.05 Å². The summed E-state index contributed by atoms with van der Waals surface area (Å²) in [4.78, 5) is 31.2. The zero-order chi connectivity index (χ0) is 19.1. The van der Waals surface area contributed by atoms with E-state index in [1.54, 1.807) is 30.3 Å². The molecule has 2 aromatic heterocycles. The first-order valence-electron chi connectivity index (χ1n) is 8.71. The first-order chi connectivity index (χ1) is 13.0. The van der Waals surface area contributed by atoms with Crippen LogP contribution in [0.3, 0.4) is 0 Å². The van der Waals surface area contributed by atoms with Gasteiger partial charge in [0.2, 0.25) is 5.65 Å². The molecule has 1 aliphatic rings. The molecule has 1 saturated heterocycles. The summed E-state index contributed by atoms with van der Waals surface area (Å²) < 4.78 is 22.3. The molecule has 1 amide bonds. The minimum absolute atomic E-state index is 0.137. The topological polar surface area (TPSA) is 68.8 Å². The average Bonchev–Trinajstić information content (AvgIpc) is 3.34. The number of hydrogen-bond acceptors (Lipinski definition) is 4. The van der Waals surface area contributed by atoms with E-state index in [1.165, 1.54) is 28.3 Å². The van der Waals surface area contributed by atoms with Gasteiger partial charge in [-0.2, -0.15) is 0 Å². The Morgan fingerprint density at radius 3 is 2.63 bits per heavy atom. The van der Waals surface area contributed by atoms with Gasteiger partial charge in [-0.15, -0.1) is 0 Å². The molecule has 0 radical (unpaired) electrons. The first-order valence-corrected chi connectivity index (χ1v) is 8.71. The summed E-state index contributed by atoms with van der Waals surface area (Å²) >= 11 is 0. The summed E-state index contributed by atoms with van der Waals surface area (Å²) in [5.41, 5.74) is 0.603. The molecule has 3 aromatic rings. The first kappa shape index (κ1) is 17.3. The molecule has 4 rings (SSSR count). The molecule has 7 nitrogen and oxygen atoms in total. The van der Waals surface area contributed by atoms with Crippen LogP contribution in [0.4, 0.5) is 4.39 Å². The van der Waals surface area contributed by atoms with E-state index >= 15 is 0 Å². The lowest BCUT2D eigenvalue weighted by Gasteiger charge is -2.12. The number of benzene rings is 1. The van der Waals surface area contributed by atoms with Gasteiger partial charge in [0.15, 0.2) is 0 Å². The summed E-state index contributed by atoms with van der Waals surface area (Å²) in [5.74, 6) is -0.295. The Bertz CT molecular complexity index is 1100. The minimum Gasteiger partial charge on any atom is -0.497 e. The van der Waals surface area contributed by atoms with E-state index in [0.717, 1.165) is 12.8 Å². The largest absolute Gasteiger partial charge is 0.497 e. The second-order valence-electron chi connectivity index (χ2n) is 6.58. The molecule has 0 atom stereocenters. The maximum Gasteiger partial charge on any atom is 0.294 e. The number of hydrogen-bond donors (Lipinski definition) is 0. The highest BCUT2D eigenvalue weighted by Crippen LogP contribution is 2.25. The number of fused-ring (bicyclic) bond motifs is 1. The summed E-state index contributed by atoms with van der Waals surface area (Å²) in [6, 6.07) is 4.45. The van der Waals surface area contributed by atoms with Crippen molar-refractivity contribution in [2.45, 2.75) is 12.8 Å². The fraction of sp³-hybridized carbons (Fsp3) is 0.316. The van der Waals surface area contributed by atoms with Crippen molar-refractivity contribution >= 4 is 11.6 Å². The van der Waals surface area contributed by atoms with Crippen LogP contribution in [0.15, 0.2) is 35.4 Å². The van der Waals surface area contributed by atoms with Crippen LogP contribution in [0.25, 0.3) is 16.9 Å². The van der Waals surface area contributed by atoms with E-state index in [0.29, 0.717) is 24.5 Å². The number of rotatable bonds is 3. The van der Waals surface area contributed by atoms with Crippen LogP contribution in [-0.4, -0.2) is 45.0 Å². The highest BCUT2D eigenvalue weighted by molar-refractivity contribution is 5.93. The molecule has 0 spiro atoms. The van der Waals surface area contributed by atoms with Crippen molar-refractivity contribution in [1.29, 1.82) is 0 Å². The van der Waals surface area contributed by atoms with E-state index < -0.39 is 11.4 Å². The van der Waals surface area contributed by atoms with Gasteiger partial charge in [0, 0.05) is 44.2 Å². The van der Waals surface area contributed by atoms with Crippen LogP contribution in [0, 0.1) is 5.82 Å². The van der Waals surface area contributed by atoms with Crippen LogP contribution < -0.4 is 10.3 Å². The van der Waals surface area contributed by atoms with Gasteiger partial charge in [0.1, 0.15) is 17.3 Å². The Morgan fingerprint density at radius 1 is 1.22 bits per heavy atom. The predicted octanol–water partition coefficient (Wildman–Crippen LogP) is 2.08. The molecule has 1 aliphatic heterocycles. The normalized spacial score (nSPS) is 14.1. The number of nitrogens with zero attached hydrogens (tertiary/aromatic N) is 4. The van der Waals surface area contributed by atoms with E-state index in [1.807, 2.05) is 0 Å². The van der Waals surface area contributed by atoms with Crippen molar-refractivity contribution in [2.24, 2.45) is 7.05 Å². The molecule has 1 fully saturated rings. The Kier molecular flexibility index (Phi) is 4.18. The summed E-state index contributed by atoms with van der Waals surface area (Å²) in [5, 5.41) is 0. The quantitative estimate of drug-likeness (QED) is 0.708. The second-order valence-corrected chi connectivity index (χ2v) is 6.58. The predicted molar refractivity (Wildman–Crippen MR) is 97.5 cm³/mol. The standard InChI is InChI=1S/C19H19FN4O3/c1-22-16(13-6-5-12(27-2)9-14(13)20)11-24-10-15(21-17(24)19(22)26)18(25)23-7-3-4-8-23/h5-6,9-11H,3-4,7-8H2,1-2H3. The number of carbonyl (C=O) groups excluding carboxylic acids is 1. The van der Waals surface area contributed by atoms with Gasteiger partial charge in [-0.05, 0) is 25.0 Å². The lowest BCUT2D eigenvalue weighted by molar-refractivity contribution is 0.0787. The zero-order valence-corrected chi connectivity index (χ0v) is 15.1. The highest BCUT2D eigenvalue weighted by atomic mass is 19.1. The van der Waals surface area contributed by atoms with Gasteiger partial charge < -0.3 is 14.2 Å². The lowest BCUT2D eigenvalue weighted by atomic mass is 10.1. The van der Waals surface area contributed by atoms with Crippen molar-refractivity contribution in [3.63, 3.8) is 0 Å². The molecule has 1 aromatic carbocycles. The molecule has 0 bridgehead atoms. The van der Waals surface area contributed by atoms with Crippen molar-refractivity contribution in [3.8, 4) is 17.0 Å². The molecule has 0 unspecified atom stereocenters. The third-order valence-electron chi connectivity index (χ3n) is 4.92. The van der Waals surface area contributed by atoms with Gasteiger partial charge in [-0.3, -0.25) is 14.0 Å². The SMILES string of the molecule is COc1ccc(-c2cn3cc(C(=O)N4CCCC4)nc3c(=O)n2C)c(F)c1. The van der Waals surface area contributed by atoms with Gasteiger partial charge in [0.05, 0.1) is 12.8 Å². The lowest BCUT2D eigenvalue weighted by Crippen LogP contribution is -2.27. The van der Waals surface area contributed by atoms with Crippen molar-refractivity contribution in [2.75, 3.05) is 20.2 Å². The number of likely N-dealkylation sites (tertiary alicyclic amines) is 1. The molecular formula is C19H19FN4O3. The Hall–Kier alpha value is -3.16. The maximum absolute atomic E-state index is 14.5. The molecular weight excluding hydrogens is 351 g/mol. The second kappa shape index (κ2) is 6.53. The van der Waals surface area contributed by atoms with Gasteiger partial charge in [-0.1, -0.05) is 0 Å². The highest BCUT2D eigenvalue weighted by Gasteiger charge is 2.23. The van der Waals surface area contributed by atoms with Crippen LogP contribution >= 0.6 is 0 Å². The average molecular weight is 370 g/mol. The number of methoxy groups -OCH3 is 1. The number of amides is 1. The zero-order valence-electron chi connectivity index (χ0n) is 15.1. The third-order valence-corrected chi connectivity index (χ3v) is 4.92. The smallest absolute Gasteiger partial charge is 0.294 e. The minimum atomic E-state index is -0.503. The Balaban J connectivity index is 1.83. The molecule has 8 heteroatoms. The van der Waals surface area contributed by atoms with Crippen LogP contribution in [0.1, 0.15) is 23.3 Å². The van der Waals surface area contributed by atoms with Gasteiger partial charge >= 0.3 is 0 Å². The molecule has 0 N–H and O–H groups in total. The van der Waals surface area contributed by atoms with Crippen molar-refractivity contribution in [1.82, 2.24) is 18.9 Å². The fourth-order valence-electron chi connectivity index (χ4n) is 3.39.